The van der Waals surface area contributed by atoms with Crippen LogP contribution in [0.5, 0.6) is 0 Å². The van der Waals surface area contributed by atoms with E-state index in [0.717, 1.165) is 0 Å². The molecule has 0 aliphatic carbocycles. The van der Waals surface area contributed by atoms with E-state index in [1.54, 1.807) is 12.1 Å². The molecule has 80 valence electrons. The molecule has 0 spiro atoms. The summed E-state index contributed by atoms with van der Waals surface area (Å²) in [4.78, 5) is 27.4. The number of carbonyl (C=O) groups is 2. The van der Waals surface area contributed by atoms with Crippen molar-refractivity contribution in [1.29, 1.82) is 0 Å². The van der Waals surface area contributed by atoms with Gasteiger partial charge in [0.05, 0.1) is 12.1 Å². The highest BCUT2D eigenvalue weighted by atomic mass is 79.9. The minimum Gasteiger partial charge on any atom is -0.368 e. The lowest BCUT2D eigenvalue weighted by Crippen LogP contribution is -2.35. The van der Waals surface area contributed by atoms with Crippen molar-refractivity contribution in [3.8, 4) is 0 Å². The van der Waals surface area contributed by atoms with Crippen molar-refractivity contribution >= 4 is 27.7 Å². The van der Waals surface area contributed by atoms with Gasteiger partial charge in [0.1, 0.15) is 4.60 Å². The van der Waals surface area contributed by atoms with Gasteiger partial charge >= 0.3 is 0 Å². The Hall–Kier alpha value is -1.43. The average molecular weight is 272 g/mol. The molecule has 0 radical (unpaired) electrons. The molecule has 1 aromatic heterocycles. The maximum atomic E-state index is 11.7. The van der Waals surface area contributed by atoms with Gasteiger partial charge in [0.15, 0.2) is 0 Å². The number of nitrogens with zero attached hydrogens (tertiary/aromatic N) is 2. The number of primary amides is 1. The van der Waals surface area contributed by atoms with Crippen molar-refractivity contribution in [2.24, 2.45) is 5.73 Å². The first-order chi connectivity index (χ1) is 7.00. The first-order valence-corrected chi connectivity index (χ1v) is 4.95. The number of nitrogens with two attached hydrogens (primary N) is 1. The van der Waals surface area contributed by atoms with Crippen molar-refractivity contribution in [3.05, 3.63) is 28.5 Å². The van der Waals surface area contributed by atoms with E-state index in [9.17, 15) is 9.59 Å². The lowest BCUT2D eigenvalue weighted by Gasteiger charge is -2.14. The summed E-state index contributed by atoms with van der Waals surface area (Å²) in [6, 6.07) is 3.28. The molecule has 15 heavy (non-hydrogen) atoms. The lowest BCUT2D eigenvalue weighted by molar-refractivity contribution is -0.118. The van der Waals surface area contributed by atoms with Crippen molar-refractivity contribution in [1.82, 2.24) is 9.88 Å². The van der Waals surface area contributed by atoms with Crippen LogP contribution in [0.15, 0.2) is 22.9 Å². The number of halogens is 1. The Kier molecular flexibility index (Phi) is 3.79. The van der Waals surface area contributed by atoms with Gasteiger partial charge in [-0.05, 0) is 28.1 Å². The molecule has 1 aromatic rings. The monoisotopic (exact) mass is 271 g/mol. The molecule has 1 rings (SSSR count). The standard InChI is InChI=1S/C9H10BrN3O2/c1-13(5-8(11)14)9(15)6-2-3-7(10)12-4-6/h2-4H,5H2,1H3,(H2,11,14). The third-order valence-corrected chi connectivity index (χ3v) is 2.18. The van der Waals surface area contributed by atoms with Crippen LogP contribution in [0.25, 0.3) is 0 Å². The highest BCUT2D eigenvalue weighted by Gasteiger charge is 2.13. The zero-order chi connectivity index (χ0) is 11.4. The van der Waals surface area contributed by atoms with Gasteiger partial charge < -0.3 is 10.6 Å². The van der Waals surface area contributed by atoms with E-state index >= 15 is 0 Å². The second kappa shape index (κ2) is 4.88. The second-order valence-corrected chi connectivity index (χ2v) is 3.81. The fourth-order valence-electron chi connectivity index (χ4n) is 1.03. The highest BCUT2D eigenvalue weighted by molar-refractivity contribution is 9.10. The molecule has 6 heteroatoms. The van der Waals surface area contributed by atoms with Crippen LogP contribution < -0.4 is 5.73 Å². The van der Waals surface area contributed by atoms with Crippen molar-refractivity contribution in [3.63, 3.8) is 0 Å². The molecule has 0 saturated carbocycles. The number of aromatic nitrogens is 1. The summed E-state index contributed by atoms with van der Waals surface area (Å²) in [5.41, 5.74) is 5.40. The molecular weight excluding hydrogens is 262 g/mol. The third-order valence-electron chi connectivity index (χ3n) is 1.71. The fraction of sp³-hybridized carbons (Fsp3) is 0.222. The molecular formula is C9H10BrN3O2. The van der Waals surface area contributed by atoms with E-state index in [0.29, 0.717) is 10.2 Å². The molecule has 1 heterocycles. The van der Waals surface area contributed by atoms with Crippen LogP contribution in [0.1, 0.15) is 10.4 Å². The topological polar surface area (TPSA) is 76.3 Å². The molecule has 0 aliphatic rings. The van der Waals surface area contributed by atoms with E-state index in [1.807, 2.05) is 0 Å². The van der Waals surface area contributed by atoms with Crippen LogP contribution in [-0.2, 0) is 4.79 Å². The summed E-state index contributed by atoms with van der Waals surface area (Å²) in [6.07, 6.45) is 1.43. The van der Waals surface area contributed by atoms with E-state index in [1.165, 1.54) is 18.1 Å². The summed E-state index contributed by atoms with van der Waals surface area (Å²) in [5, 5.41) is 0. The fourth-order valence-corrected chi connectivity index (χ4v) is 1.26. The van der Waals surface area contributed by atoms with Gasteiger partial charge in [0, 0.05) is 13.2 Å². The first kappa shape index (κ1) is 11.6. The van der Waals surface area contributed by atoms with E-state index in [-0.39, 0.29) is 12.5 Å². The quantitative estimate of drug-likeness (QED) is 0.809. The molecule has 0 unspecified atom stereocenters. The molecule has 0 fully saturated rings. The van der Waals surface area contributed by atoms with Gasteiger partial charge in [-0.2, -0.15) is 0 Å². The molecule has 0 saturated heterocycles. The van der Waals surface area contributed by atoms with Gasteiger partial charge in [-0.25, -0.2) is 4.98 Å². The number of hydrogen-bond acceptors (Lipinski definition) is 3. The maximum Gasteiger partial charge on any atom is 0.255 e. The van der Waals surface area contributed by atoms with E-state index in [4.69, 9.17) is 5.73 Å². The predicted molar refractivity (Wildman–Crippen MR) is 58.1 cm³/mol. The van der Waals surface area contributed by atoms with Crippen LogP contribution in [0.4, 0.5) is 0 Å². The Morgan fingerprint density at radius 2 is 2.20 bits per heavy atom. The van der Waals surface area contributed by atoms with E-state index < -0.39 is 5.91 Å². The summed E-state index contributed by atoms with van der Waals surface area (Å²) in [5.74, 6) is -0.829. The van der Waals surface area contributed by atoms with Crippen LogP contribution in [0.2, 0.25) is 0 Å². The minimum absolute atomic E-state index is 0.102. The summed E-state index contributed by atoms with van der Waals surface area (Å²) in [7, 11) is 1.51. The lowest BCUT2D eigenvalue weighted by atomic mass is 10.2. The zero-order valence-corrected chi connectivity index (χ0v) is 9.69. The van der Waals surface area contributed by atoms with Crippen LogP contribution >= 0.6 is 15.9 Å². The predicted octanol–water partition coefficient (Wildman–Crippen LogP) is 0.401. The molecule has 2 amide bonds. The normalized spacial score (nSPS) is 9.73. The van der Waals surface area contributed by atoms with Crippen molar-refractivity contribution in [2.75, 3.05) is 13.6 Å². The highest BCUT2D eigenvalue weighted by Crippen LogP contribution is 2.07. The minimum atomic E-state index is -0.545. The molecule has 2 N–H and O–H groups in total. The maximum absolute atomic E-state index is 11.7. The Labute approximate surface area is 95.4 Å². The molecule has 0 bridgehead atoms. The zero-order valence-electron chi connectivity index (χ0n) is 8.11. The number of pyridine rings is 1. The Morgan fingerprint density at radius 3 is 2.67 bits per heavy atom. The Morgan fingerprint density at radius 1 is 1.53 bits per heavy atom. The van der Waals surface area contributed by atoms with Crippen molar-refractivity contribution in [2.45, 2.75) is 0 Å². The summed E-state index contributed by atoms with van der Waals surface area (Å²) < 4.78 is 0.650. The average Bonchev–Trinajstić information content (AvgIpc) is 2.17. The Balaban J connectivity index is 2.76. The van der Waals surface area contributed by atoms with Gasteiger partial charge in [0.25, 0.3) is 5.91 Å². The van der Waals surface area contributed by atoms with Gasteiger partial charge in [-0.3, -0.25) is 9.59 Å². The third kappa shape index (κ3) is 3.32. The number of rotatable bonds is 3. The number of likely N-dealkylation sites (N-methyl/N-ethyl adjacent to an activating group) is 1. The molecule has 0 aliphatic heterocycles. The van der Waals surface area contributed by atoms with Crippen LogP contribution in [0, 0.1) is 0 Å². The van der Waals surface area contributed by atoms with Gasteiger partial charge in [0.2, 0.25) is 5.91 Å². The van der Waals surface area contributed by atoms with Crippen molar-refractivity contribution < 1.29 is 9.59 Å². The number of carbonyl (C=O) groups excluding carboxylic acids is 2. The smallest absolute Gasteiger partial charge is 0.255 e. The molecule has 5 nitrogen and oxygen atoms in total. The number of amides is 2. The van der Waals surface area contributed by atoms with Crippen LogP contribution in [0.3, 0.4) is 0 Å². The van der Waals surface area contributed by atoms with Crippen LogP contribution in [-0.4, -0.2) is 35.3 Å². The molecule has 0 aromatic carbocycles. The summed E-state index contributed by atoms with van der Waals surface area (Å²) in [6.45, 7) is -0.102. The second-order valence-electron chi connectivity index (χ2n) is 3.00. The number of hydrogen-bond donors (Lipinski definition) is 1. The van der Waals surface area contributed by atoms with E-state index in [2.05, 4.69) is 20.9 Å². The molecule has 0 atom stereocenters. The SMILES string of the molecule is CN(CC(N)=O)C(=O)c1ccc(Br)nc1. The van der Waals surface area contributed by atoms with Gasteiger partial charge in [-0.1, -0.05) is 0 Å². The summed E-state index contributed by atoms with van der Waals surface area (Å²) >= 11 is 3.16. The first-order valence-electron chi connectivity index (χ1n) is 4.16. The Bertz CT molecular complexity index is 377. The largest absolute Gasteiger partial charge is 0.368 e. The van der Waals surface area contributed by atoms with Gasteiger partial charge in [-0.15, -0.1) is 0 Å².